The van der Waals surface area contributed by atoms with Crippen LogP contribution in [0.3, 0.4) is 0 Å². The number of amidine groups is 1. The van der Waals surface area contributed by atoms with E-state index >= 15 is 0 Å². The molecule has 2 atom stereocenters. The van der Waals surface area contributed by atoms with E-state index in [1.54, 1.807) is 0 Å². The van der Waals surface area contributed by atoms with Gasteiger partial charge in [0.05, 0.1) is 28.1 Å². The zero-order valence-electron chi connectivity index (χ0n) is 45.3. The first-order valence-corrected chi connectivity index (χ1v) is 28.0. The maximum absolute atomic E-state index is 5.29. The Morgan fingerprint density at radius 3 is 1.93 bits per heavy atom. The summed E-state index contributed by atoms with van der Waals surface area (Å²) < 4.78 is 2.24. The number of aromatic nitrogens is 3. The zero-order valence-corrected chi connectivity index (χ0v) is 45.3. The molecule has 12 aromatic rings. The lowest BCUT2D eigenvalue weighted by Crippen LogP contribution is -2.08. The largest absolute Gasteiger partial charge is 0.278 e. The number of nitrogens with zero attached hydrogens (tertiary/aromatic N) is 5. The molecule has 10 aromatic carbocycles. The second-order valence-corrected chi connectivity index (χ2v) is 21.5. The molecule has 0 saturated carbocycles. The summed E-state index contributed by atoms with van der Waals surface area (Å²) in [6.45, 7) is 8.73. The van der Waals surface area contributed by atoms with Gasteiger partial charge in [0.15, 0.2) is 5.84 Å². The second kappa shape index (κ2) is 20.9. The van der Waals surface area contributed by atoms with Crippen LogP contribution in [0.2, 0.25) is 0 Å². The first-order chi connectivity index (χ1) is 39.9. The zero-order chi connectivity index (χ0) is 54.4. The Kier molecular flexibility index (Phi) is 12.7. The minimum atomic E-state index is 0.205. The fraction of sp³-hybridized carbons (Fsp3) is 0.0789. The minimum absolute atomic E-state index is 0.205. The third kappa shape index (κ3) is 9.33. The summed E-state index contributed by atoms with van der Waals surface area (Å²) >= 11 is 0. The molecule has 386 valence electrons. The smallest absolute Gasteiger partial charge is 0.235 e. The van der Waals surface area contributed by atoms with Crippen LogP contribution in [0, 0.1) is 12.8 Å². The molecule has 0 fully saturated rings. The average molecular weight is 1040 g/mol. The van der Waals surface area contributed by atoms with Crippen molar-refractivity contribution in [3.05, 3.63) is 306 Å². The van der Waals surface area contributed by atoms with Gasteiger partial charge in [-0.25, -0.2) is 20.0 Å². The van der Waals surface area contributed by atoms with Crippen LogP contribution in [0.5, 0.6) is 0 Å². The average Bonchev–Trinajstić information content (AvgIpc) is 4.09. The third-order valence-corrected chi connectivity index (χ3v) is 16.3. The fourth-order valence-corrected chi connectivity index (χ4v) is 12.4. The molecule has 81 heavy (non-hydrogen) atoms. The van der Waals surface area contributed by atoms with Crippen molar-refractivity contribution in [3.8, 4) is 50.7 Å². The van der Waals surface area contributed by atoms with Gasteiger partial charge >= 0.3 is 0 Å². The van der Waals surface area contributed by atoms with Gasteiger partial charge in [-0.1, -0.05) is 237 Å². The summed E-state index contributed by atoms with van der Waals surface area (Å²) in [5, 5.41) is 4.79. The first kappa shape index (κ1) is 49.2. The summed E-state index contributed by atoms with van der Waals surface area (Å²) in [7, 11) is 0. The van der Waals surface area contributed by atoms with E-state index in [0.717, 1.165) is 62.2 Å². The summed E-state index contributed by atoms with van der Waals surface area (Å²) in [6.07, 6.45) is 9.00. The molecule has 14 rings (SSSR count). The molecular formula is C76H57N5. The molecular weight excluding hydrogens is 983 g/mol. The molecule has 5 heteroatoms. The maximum atomic E-state index is 5.29. The summed E-state index contributed by atoms with van der Waals surface area (Å²) in [6, 6.07) is 86.2. The molecule has 0 N–H and O–H groups in total. The van der Waals surface area contributed by atoms with Gasteiger partial charge in [0.25, 0.3) is 0 Å². The molecule has 2 aliphatic carbocycles. The monoisotopic (exact) mass is 1040 g/mol. The van der Waals surface area contributed by atoms with Crippen molar-refractivity contribution >= 4 is 55.4 Å². The van der Waals surface area contributed by atoms with E-state index in [2.05, 4.69) is 225 Å². The van der Waals surface area contributed by atoms with Crippen LogP contribution in [0.25, 0.3) is 94.6 Å². The number of aliphatic imine (C=N–C) groups is 2. The summed E-state index contributed by atoms with van der Waals surface area (Å²) in [5.41, 5.74) is 22.2. The lowest BCUT2D eigenvalue weighted by atomic mass is 9.81. The SMILES string of the molecule is C=C(/N=C(\N=C(/C)Cc1ccc(-c2cccc3c2C2C=C(c4ccc5c(c4)c4ccccc4n5-c4nc(-c5ccccc5)cc(-c5ccccc5)n4)C=CC2C3)cc1-c1c(C)ccc2ccccc12)c1ccccc1)c1ccccc1. The number of hydrogen-bond acceptors (Lipinski definition) is 3. The number of fused-ring (bicyclic) bond motifs is 7. The standard InChI is InChI=1S/C76H57N5/c1-49-35-36-53-23-16-17-31-63(53)73(49)66-47-61(40-39-59(66)43-50(2)77-75(56-28-14-7-15-29-56)78-51(3)52-21-8-4-9-22-52)64-33-20-30-62-44-60-38-37-57(45-67(60)74(62)64)58-41-42-72-68(46-58)65-32-18-19-34-71(65)81(72)76-79-69(54-24-10-5-11-25-54)48-70(80-76)55-26-12-6-13-27-55/h4-42,45-48,60,67H,3,43-44H2,1-2H3/b77-50+,78-75-. The van der Waals surface area contributed by atoms with Crippen LogP contribution in [-0.4, -0.2) is 26.1 Å². The molecule has 2 unspecified atom stereocenters. The topological polar surface area (TPSA) is 55.4 Å². The normalized spacial score (nSPS) is 15.0. The van der Waals surface area contributed by atoms with Crippen molar-refractivity contribution in [3.63, 3.8) is 0 Å². The van der Waals surface area contributed by atoms with E-state index in [1.807, 2.05) is 60.7 Å². The summed E-state index contributed by atoms with van der Waals surface area (Å²) in [4.78, 5) is 20.9. The molecule has 5 nitrogen and oxygen atoms in total. The van der Waals surface area contributed by atoms with Crippen LogP contribution in [0.15, 0.2) is 277 Å². The number of allylic oxidation sites excluding steroid dienone is 4. The Hall–Kier alpha value is -10.1. The number of rotatable bonds is 11. The highest BCUT2D eigenvalue weighted by Crippen LogP contribution is 2.49. The lowest BCUT2D eigenvalue weighted by Gasteiger charge is -2.23. The number of hydrogen-bond donors (Lipinski definition) is 0. The molecule has 2 aliphatic rings. The molecule has 0 amide bonds. The lowest BCUT2D eigenvalue weighted by molar-refractivity contribution is 0.632. The van der Waals surface area contributed by atoms with Gasteiger partial charge in [0.2, 0.25) is 5.95 Å². The molecule has 2 heterocycles. The quantitative estimate of drug-likeness (QED) is 0.0957. The van der Waals surface area contributed by atoms with Crippen molar-refractivity contribution in [2.45, 2.75) is 32.6 Å². The van der Waals surface area contributed by atoms with Gasteiger partial charge in [0.1, 0.15) is 0 Å². The van der Waals surface area contributed by atoms with Crippen molar-refractivity contribution in [1.29, 1.82) is 0 Å². The van der Waals surface area contributed by atoms with Gasteiger partial charge in [0, 0.05) is 45.5 Å². The molecule has 2 aromatic heterocycles. The highest BCUT2D eigenvalue weighted by molar-refractivity contribution is 6.11. The maximum Gasteiger partial charge on any atom is 0.235 e. The second-order valence-electron chi connectivity index (χ2n) is 21.5. The van der Waals surface area contributed by atoms with E-state index in [4.69, 9.17) is 20.0 Å². The molecule has 0 saturated heterocycles. The van der Waals surface area contributed by atoms with Gasteiger partial charge in [-0.3, -0.25) is 4.57 Å². The number of aryl methyl sites for hydroxylation is 1. The van der Waals surface area contributed by atoms with Crippen molar-refractivity contribution < 1.29 is 0 Å². The van der Waals surface area contributed by atoms with Gasteiger partial charge in [-0.05, 0) is 128 Å². The fourth-order valence-electron chi connectivity index (χ4n) is 12.4. The van der Waals surface area contributed by atoms with E-state index in [1.165, 1.54) is 71.8 Å². The Balaban J connectivity index is 0.853. The van der Waals surface area contributed by atoms with Crippen LogP contribution < -0.4 is 0 Å². The van der Waals surface area contributed by atoms with Gasteiger partial charge in [-0.15, -0.1) is 0 Å². The molecule has 0 radical (unpaired) electrons. The minimum Gasteiger partial charge on any atom is -0.278 e. The van der Waals surface area contributed by atoms with Crippen molar-refractivity contribution in [2.75, 3.05) is 0 Å². The van der Waals surface area contributed by atoms with E-state index in [-0.39, 0.29) is 5.92 Å². The van der Waals surface area contributed by atoms with E-state index in [9.17, 15) is 0 Å². The first-order valence-electron chi connectivity index (χ1n) is 28.0. The Labute approximate surface area is 473 Å². The third-order valence-electron chi connectivity index (χ3n) is 16.3. The predicted molar refractivity (Wildman–Crippen MR) is 339 cm³/mol. The van der Waals surface area contributed by atoms with Gasteiger partial charge < -0.3 is 0 Å². The molecule has 0 aliphatic heterocycles. The Bertz CT molecular complexity index is 4490. The number of para-hydroxylation sites is 1. The number of benzene rings is 10. The van der Waals surface area contributed by atoms with Crippen LogP contribution in [0.1, 0.15) is 51.8 Å². The highest BCUT2D eigenvalue weighted by Gasteiger charge is 2.34. The van der Waals surface area contributed by atoms with Crippen molar-refractivity contribution in [2.24, 2.45) is 15.9 Å². The molecule has 0 spiro atoms. The van der Waals surface area contributed by atoms with Gasteiger partial charge in [-0.2, -0.15) is 0 Å². The van der Waals surface area contributed by atoms with Crippen LogP contribution in [-0.2, 0) is 12.8 Å². The summed E-state index contributed by atoms with van der Waals surface area (Å²) in [5.74, 6) is 1.86. The van der Waals surface area contributed by atoms with Crippen LogP contribution >= 0.6 is 0 Å². The van der Waals surface area contributed by atoms with E-state index in [0.29, 0.717) is 29.8 Å². The predicted octanol–water partition coefficient (Wildman–Crippen LogP) is 18.7. The Morgan fingerprint density at radius 1 is 0.543 bits per heavy atom. The van der Waals surface area contributed by atoms with Crippen molar-refractivity contribution in [1.82, 2.24) is 14.5 Å². The highest BCUT2D eigenvalue weighted by atomic mass is 15.2. The van der Waals surface area contributed by atoms with E-state index < -0.39 is 0 Å². The molecule has 0 bridgehead atoms. The van der Waals surface area contributed by atoms with Crippen LogP contribution in [0.4, 0.5) is 0 Å². The Morgan fingerprint density at radius 2 is 1.19 bits per heavy atom.